The van der Waals surface area contributed by atoms with E-state index in [9.17, 15) is 14.4 Å². The van der Waals surface area contributed by atoms with Crippen molar-refractivity contribution in [3.05, 3.63) is 79.9 Å². The van der Waals surface area contributed by atoms with E-state index in [-0.39, 0.29) is 6.54 Å². The first-order valence-corrected chi connectivity index (χ1v) is 9.77. The van der Waals surface area contributed by atoms with Crippen LogP contribution >= 0.6 is 0 Å². The van der Waals surface area contributed by atoms with Crippen LogP contribution in [0.2, 0.25) is 0 Å². The lowest BCUT2D eigenvalue weighted by Crippen LogP contribution is -2.44. The van der Waals surface area contributed by atoms with Gasteiger partial charge in [0.1, 0.15) is 6.54 Å². The first kappa shape index (κ1) is 19.6. The first-order chi connectivity index (χ1) is 14.3. The van der Waals surface area contributed by atoms with E-state index in [1.165, 1.54) is 4.57 Å². The van der Waals surface area contributed by atoms with Gasteiger partial charge in [0, 0.05) is 24.5 Å². The SMILES string of the molecule is Cc1cc(C)c(NC(=O)Cn2nc3n(c(=O)c2=O)CCN3c2ccccc2)c(C)c1. The van der Waals surface area contributed by atoms with Crippen molar-refractivity contribution in [2.45, 2.75) is 33.9 Å². The number of carbonyl (C=O) groups excluding carboxylic acids is 1. The zero-order valence-corrected chi connectivity index (χ0v) is 17.2. The highest BCUT2D eigenvalue weighted by atomic mass is 16.2. The summed E-state index contributed by atoms with van der Waals surface area (Å²) in [6.45, 7) is 6.39. The van der Waals surface area contributed by atoms with Gasteiger partial charge in [-0.3, -0.25) is 19.0 Å². The molecule has 3 aromatic rings. The fraction of sp³-hybridized carbons (Fsp3) is 0.273. The van der Waals surface area contributed by atoms with E-state index in [1.807, 2.05) is 68.1 Å². The number of carbonyl (C=O) groups is 1. The molecule has 0 unspecified atom stereocenters. The lowest BCUT2D eigenvalue weighted by atomic mass is 10.1. The molecule has 0 bridgehead atoms. The largest absolute Gasteiger partial charge is 0.333 e. The standard InChI is InChI=1S/C22H23N5O3/c1-14-11-15(2)19(16(3)12-14)23-18(28)13-27-21(30)20(29)26-10-9-25(22(26)24-27)17-7-5-4-6-8-17/h4-8,11-12H,9-10,13H2,1-3H3,(H,23,28). The van der Waals surface area contributed by atoms with Gasteiger partial charge in [-0.2, -0.15) is 0 Å². The minimum Gasteiger partial charge on any atom is -0.324 e. The third kappa shape index (κ3) is 3.52. The molecule has 30 heavy (non-hydrogen) atoms. The maximum atomic E-state index is 12.7. The molecule has 4 rings (SSSR count). The van der Waals surface area contributed by atoms with Crippen LogP contribution in [0.4, 0.5) is 17.3 Å². The summed E-state index contributed by atoms with van der Waals surface area (Å²) in [5, 5.41) is 7.19. The number of benzene rings is 2. The molecule has 1 N–H and O–H groups in total. The van der Waals surface area contributed by atoms with Crippen LogP contribution in [0, 0.1) is 20.8 Å². The van der Waals surface area contributed by atoms with Gasteiger partial charge in [-0.1, -0.05) is 35.9 Å². The smallest absolute Gasteiger partial charge is 0.324 e. The Balaban J connectivity index is 1.65. The van der Waals surface area contributed by atoms with Gasteiger partial charge >= 0.3 is 11.1 Å². The molecule has 1 aliphatic rings. The molecule has 8 nitrogen and oxygen atoms in total. The average Bonchev–Trinajstić information content (AvgIpc) is 3.13. The van der Waals surface area contributed by atoms with Crippen molar-refractivity contribution >= 4 is 23.2 Å². The summed E-state index contributed by atoms with van der Waals surface area (Å²) in [4.78, 5) is 39.6. The van der Waals surface area contributed by atoms with Crippen LogP contribution in [0.15, 0.2) is 52.1 Å². The van der Waals surface area contributed by atoms with Gasteiger partial charge in [-0.05, 0) is 44.0 Å². The lowest BCUT2D eigenvalue weighted by Gasteiger charge is -2.18. The number of rotatable bonds is 4. The summed E-state index contributed by atoms with van der Waals surface area (Å²) in [5.41, 5.74) is 3.08. The van der Waals surface area contributed by atoms with E-state index in [0.29, 0.717) is 24.7 Å². The van der Waals surface area contributed by atoms with Crippen LogP contribution in [-0.2, 0) is 17.9 Å². The van der Waals surface area contributed by atoms with Crippen molar-refractivity contribution in [1.82, 2.24) is 14.3 Å². The summed E-state index contributed by atoms with van der Waals surface area (Å²) in [6.07, 6.45) is 0. The predicted molar refractivity (Wildman–Crippen MR) is 115 cm³/mol. The Morgan fingerprint density at radius 2 is 1.67 bits per heavy atom. The molecule has 0 atom stereocenters. The normalized spacial score (nSPS) is 12.7. The molecule has 1 aromatic heterocycles. The van der Waals surface area contributed by atoms with Crippen LogP contribution in [0.3, 0.4) is 0 Å². The summed E-state index contributed by atoms with van der Waals surface area (Å²) in [5.74, 6) is -0.0467. The van der Waals surface area contributed by atoms with Gasteiger partial charge in [0.15, 0.2) is 0 Å². The molecule has 2 heterocycles. The van der Waals surface area contributed by atoms with Crippen LogP contribution in [0.25, 0.3) is 0 Å². The van der Waals surface area contributed by atoms with Crippen molar-refractivity contribution in [3.63, 3.8) is 0 Å². The number of fused-ring (bicyclic) bond motifs is 1. The number of hydrogen-bond donors (Lipinski definition) is 1. The van der Waals surface area contributed by atoms with Crippen molar-refractivity contribution in [2.24, 2.45) is 0 Å². The first-order valence-electron chi connectivity index (χ1n) is 9.77. The Kier molecular flexibility index (Phi) is 4.99. The molecule has 8 heteroatoms. The van der Waals surface area contributed by atoms with E-state index < -0.39 is 17.0 Å². The van der Waals surface area contributed by atoms with Crippen molar-refractivity contribution < 1.29 is 4.79 Å². The predicted octanol–water partition coefficient (Wildman–Crippen LogP) is 2.12. The second-order valence-electron chi connectivity index (χ2n) is 7.53. The monoisotopic (exact) mass is 405 g/mol. The lowest BCUT2D eigenvalue weighted by molar-refractivity contribution is -0.117. The summed E-state index contributed by atoms with van der Waals surface area (Å²) < 4.78 is 2.31. The molecule has 0 saturated heterocycles. The zero-order chi connectivity index (χ0) is 21.4. The van der Waals surface area contributed by atoms with Gasteiger partial charge < -0.3 is 10.2 Å². The Morgan fingerprint density at radius 3 is 2.33 bits per heavy atom. The van der Waals surface area contributed by atoms with E-state index in [2.05, 4.69) is 10.4 Å². The van der Waals surface area contributed by atoms with Gasteiger partial charge in [0.25, 0.3) is 0 Å². The third-order valence-electron chi connectivity index (χ3n) is 5.21. The number of hydrogen-bond acceptors (Lipinski definition) is 5. The maximum Gasteiger partial charge on any atom is 0.333 e. The van der Waals surface area contributed by atoms with Gasteiger partial charge in [0.2, 0.25) is 11.9 Å². The molecular weight excluding hydrogens is 382 g/mol. The minimum absolute atomic E-state index is 0.336. The number of anilines is 3. The van der Waals surface area contributed by atoms with E-state index >= 15 is 0 Å². The van der Waals surface area contributed by atoms with Crippen LogP contribution in [0.5, 0.6) is 0 Å². The van der Waals surface area contributed by atoms with E-state index in [4.69, 9.17) is 0 Å². The fourth-order valence-electron chi connectivity index (χ4n) is 3.88. The summed E-state index contributed by atoms with van der Waals surface area (Å²) in [6, 6.07) is 13.5. The summed E-state index contributed by atoms with van der Waals surface area (Å²) >= 11 is 0. The Hall–Kier alpha value is -3.68. The molecule has 0 spiro atoms. The molecule has 154 valence electrons. The highest BCUT2D eigenvalue weighted by Crippen LogP contribution is 2.26. The number of aryl methyl sites for hydroxylation is 3. The Morgan fingerprint density at radius 1 is 1.00 bits per heavy atom. The molecule has 2 aromatic carbocycles. The number of para-hydroxylation sites is 1. The number of nitrogens with zero attached hydrogens (tertiary/aromatic N) is 4. The highest BCUT2D eigenvalue weighted by Gasteiger charge is 2.26. The molecule has 0 saturated carbocycles. The molecule has 0 fully saturated rings. The highest BCUT2D eigenvalue weighted by molar-refractivity contribution is 5.92. The Bertz CT molecular complexity index is 1220. The number of aromatic nitrogens is 3. The van der Waals surface area contributed by atoms with E-state index in [1.54, 1.807) is 0 Å². The molecule has 1 amide bonds. The number of amides is 1. The van der Waals surface area contributed by atoms with Crippen molar-refractivity contribution in [1.29, 1.82) is 0 Å². The van der Waals surface area contributed by atoms with Crippen LogP contribution in [-0.4, -0.2) is 26.8 Å². The molecular formula is C22H23N5O3. The number of nitrogens with one attached hydrogen (secondary N) is 1. The van der Waals surface area contributed by atoms with Crippen LogP contribution in [0.1, 0.15) is 16.7 Å². The Labute approximate surface area is 173 Å². The zero-order valence-electron chi connectivity index (χ0n) is 17.2. The van der Waals surface area contributed by atoms with Gasteiger partial charge in [-0.25, -0.2) is 4.68 Å². The second kappa shape index (κ2) is 7.62. The molecule has 0 aliphatic carbocycles. The minimum atomic E-state index is -0.804. The molecule has 1 aliphatic heterocycles. The van der Waals surface area contributed by atoms with Gasteiger partial charge in [-0.15, -0.1) is 5.10 Å². The van der Waals surface area contributed by atoms with E-state index in [0.717, 1.165) is 27.1 Å². The maximum absolute atomic E-state index is 12.7. The quantitative estimate of drug-likeness (QED) is 0.672. The topological polar surface area (TPSA) is 89.2 Å². The third-order valence-corrected chi connectivity index (χ3v) is 5.21. The van der Waals surface area contributed by atoms with Crippen molar-refractivity contribution in [3.8, 4) is 0 Å². The van der Waals surface area contributed by atoms with Crippen LogP contribution < -0.4 is 21.3 Å². The second-order valence-corrected chi connectivity index (χ2v) is 7.53. The fourth-order valence-corrected chi connectivity index (χ4v) is 3.88. The average molecular weight is 405 g/mol. The molecule has 0 radical (unpaired) electrons. The van der Waals surface area contributed by atoms with Gasteiger partial charge in [0.05, 0.1) is 0 Å². The summed E-state index contributed by atoms with van der Waals surface area (Å²) in [7, 11) is 0. The van der Waals surface area contributed by atoms with Crippen molar-refractivity contribution in [2.75, 3.05) is 16.8 Å².